The monoisotopic (exact) mass is 415 g/mol. The molecule has 7 heteroatoms. The molecule has 0 saturated carbocycles. The molecule has 1 heterocycles. The highest BCUT2D eigenvalue weighted by molar-refractivity contribution is 9.10. The molecule has 2 aromatic carbocycles. The van der Waals surface area contributed by atoms with Gasteiger partial charge in [-0.15, -0.1) is 0 Å². The van der Waals surface area contributed by atoms with Gasteiger partial charge in [0.05, 0.1) is 0 Å². The summed E-state index contributed by atoms with van der Waals surface area (Å²) in [4.78, 5) is 38.2. The number of hydrogen-bond acceptors (Lipinski definition) is 3. The van der Waals surface area contributed by atoms with Crippen LogP contribution in [0.15, 0.2) is 59.1 Å². The van der Waals surface area contributed by atoms with Gasteiger partial charge >= 0.3 is 6.03 Å². The molecule has 1 aliphatic heterocycles. The molecule has 4 amide bonds. The van der Waals surface area contributed by atoms with Gasteiger partial charge in [0.2, 0.25) is 5.91 Å². The van der Waals surface area contributed by atoms with Crippen molar-refractivity contribution in [1.82, 2.24) is 15.5 Å². The number of hydrogen-bond donors (Lipinski definition) is 2. The average Bonchev–Trinajstić information content (AvgIpc) is 2.85. The van der Waals surface area contributed by atoms with Crippen molar-refractivity contribution in [2.24, 2.45) is 0 Å². The van der Waals surface area contributed by atoms with E-state index in [2.05, 4.69) is 26.6 Å². The predicted octanol–water partition coefficient (Wildman–Crippen LogP) is 2.53. The lowest BCUT2D eigenvalue weighted by Crippen LogP contribution is -2.43. The minimum atomic E-state index is -1.19. The molecule has 0 aromatic heterocycles. The molecule has 134 valence electrons. The maximum absolute atomic E-state index is 12.8. The molecule has 2 aromatic rings. The first-order chi connectivity index (χ1) is 12.4. The summed E-state index contributed by atoms with van der Waals surface area (Å²) in [5.41, 5.74) is 0.398. The number of nitrogens with one attached hydrogen (secondary N) is 2. The fourth-order valence-electron chi connectivity index (χ4n) is 2.83. The highest BCUT2D eigenvalue weighted by Crippen LogP contribution is 2.30. The lowest BCUT2D eigenvalue weighted by Gasteiger charge is -2.22. The maximum atomic E-state index is 12.8. The summed E-state index contributed by atoms with van der Waals surface area (Å²) in [6, 6.07) is 16.0. The van der Waals surface area contributed by atoms with E-state index in [0.29, 0.717) is 12.1 Å². The lowest BCUT2D eigenvalue weighted by molar-refractivity contribution is -0.134. The van der Waals surface area contributed by atoms with Crippen molar-refractivity contribution in [2.45, 2.75) is 19.0 Å². The van der Waals surface area contributed by atoms with E-state index in [1.54, 1.807) is 25.1 Å². The number of carbonyl (C=O) groups is 3. The van der Waals surface area contributed by atoms with Gasteiger partial charge in [0.1, 0.15) is 12.1 Å². The Hall–Kier alpha value is -2.67. The summed E-state index contributed by atoms with van der Waals surface area (Å²) >= 11 is 3.36. The molecule has 0 unspecified atom stereocenters. The summed E-state index contributed by atoms with van der Waals surface area (Å²) in [5.74, 6) is -0.841. The topological polar surface area (TPSA) is 78.5 Å². The zero-order chi connectivity index (χ0) is 18.7. The van der Waals surface area contributed by atoms with Crippen LogP contribution in [0.3, 0.4) is 0 Å². The molecule has 3 rings (SSSR count). The van der Waals surface area contributed by atoms with Crippen LogP contribution in [0.1, 0.15) is 18.1 Å². The average molecular weight is 416 g/mol. The van der Waals surface area contributed by atoms with E-state index in [9.17, 15) is 14.4 Å². The number of rotatable bonds is 5. The summed E-state index contributed by atoms with van der Waals surface area (Å²) in [5, 5.41) is 5.41. The second kappa shape index (κ2) is 7.29. The van der Waals surface area contributed by atoms with Crippen molar-refractivity contribution in [3.05, 3.63) is 70.2 Å². The van der Waals surface area contributed by atoms with Crippen LogP contribution >= 0.6 is 15.9 Å². The third-order valence-corrected chi connectivity index (χ3v) is 4.80. The van der Waals surface area contributed by atoms with Crippen molar-refractivity contribution >= 4 is 33.8 Å². The Morgan fingerprint density at radius 3 is 2.58 bits per heavy atom. The summed E-state index contributed by atoms with van der Waals surface area (Å²) in [6.07, 6.45) is 0. The molecule has 0 radical (unpaired) electrons. The first-order valence-electron chi connectivity index (χ1n) is 8.11. The van der Waals surface area contributed by atoms with E-state index in [1.807, 2.05) is 36.4 Å². The Morgan fingerprint density at radius 1 is 1.15 bits per heavy atom. The quantitative estimate of drug-likeness (QED) is 0.736. The first-order valence-corrected chi connectivity index (χ1v) is 8.90. The molecule has 1 saturated heterocycles. The maximum Gasteiger partial charge on any atom is 0.325 e. The zero-order valence-electron chi connectivity index (χ0n) is 14.2. The Morgan fingerprint density at radius 2 is 1.88 bits per heavy atom. The smallest absolute Gasteiger partial charge is 0.325 e. The molecule has 0 bridgehead atoms. The second-order valence-electron chi connectivity index (χ2n) is 6.22. The van der Waals surface area contributed by atoms with Gasteiger partial charge in [0.25, 0.3) is 5.91 Å². The van der Waals surface area contributed by atoms with Crippen molar-refractivity contribution < 1.29 is 14.4 Å². The molecule has 0 spiro atoms. The third kappa shape index (κ3) is 3.62. The Bertz CT molecular complexity index is 856. The van der Waals surface area contributed by atoms with E-state index in [1.165, 1.54) is 0 Å². The van der Waals surface area contributed by atoms with E-state index in [0.717, 1.165) is 14.9 Å². The van der Waals surface area contributed by atoms with Crippen LogP contribution in [-0.4, -0.2) is 29.3 Å². The standard InChI is InChI=1S/C19H18BrN3O3/c1-19(14-8-5-9-15(20)10-14)17(25)23(18(26)22-19)12-16(24)21-11-13-6-3-2-4-7-13/h2-10H,11-12H2,1H3,(H,21,24)(H,22,26)/t19-/m0/s1. The molecule has 1 fully saturated rings. The van der Waals surface area contributed by atoms with Crippen LogP contribution < -0.4 is 10.6 Å². The fraction of sp³-hybridized carbons (Fsp3) is 0.211. The van der Waals surface area contributed by atoms with Gasteiger partial charge < -0.3 is 10.6 Å². The van der Waals surface area contributed by atoms with Crippen LogP contribution in [-0.2, 0) is 21.7 Å². The first kappa shape index (κ1) is 18.1. The summed E-state index contributed by atoms with van der Waals surface area (Å²) < 4.78 is 0.803. The van der Waals surface area contributed by atoms with Crippen LogP contribution in [0, 0.1) is 0 Å². The van der Waals surface area contributed by atoms with Crippen molar-refractivity contribution in [3.8, 4) is 0 Å². The van der Waals surface area contributed by atoms with Crippen LogP contribution in [0.5, 0.6) is 0 Å². The largest absolute Gasteiger partial charge is 0.350 e. The number of benzene rings is 2. The SMILES string of the molecule is C[C@@]1(c2cccc(Br)c2)NC(=O)N(CC(=O)NCc2ccccc2)C1=O. The van der Waals surface area contributed by atoms with E-state index in [4.69, 9.17) is 0 Å². The fourth-order valence-corrected chi connectivity index (χ4v) is 3.23. The number of nitrogens with zero attached hydrogens (tertiary/aromatic N) is 1. The van der Waals surface area contributed by atoms with Gasteiger partial charge in [-0.3, -0.25) is 14.5 Å². The second-order valence-corrected chi connectivity index (χ2v) is 7.13. The lowest BCUT2D eigenvalue weighted by atomic mass is 9.92. The molecule has 2 N–H and O–H groups in total. The molecule has 26 heavy (non-hydrogen) atoms. The molecular formula is C19H18BrN3O3. The Balaban J connectivity index is 1.68. The minimum absolute atomic E-state index is 0.318. The number of imide groups is 1. The third-order valence-electron chi connectivity index (χ3n) is 4.31. The van der Waals surface area contributed by atoms with Crippen molar-refractivity contribution in [3.63, 3.8) is 0 Å². The normalized spacial score (nSPS) is 19.4. The van der Waals surface area contributed by atoms with Crippen molar-refractivity contribution in [1.29, 1.82) is 0 Å². The van der Waals surface area contributed by atoms with Gasteiger partial charge in [0.15, 0.2) is 0 Å². The number of urea groups is 1. The highest BCUT2D eigenvalue weighted by atomic mass is 79.9. The van der Waals surface area contributed by atoms with E-state index in [-0.39, 0.29) is 6.54 Å². The van der Waals surface area contributed by atoms with Gasteiger partial charge in [-0.25, -0.2) is 4.79 Å². The number of amides is 4. The minimum Gasteiger partial charge on any atom is -0.350 e. The molecule has 6 nitrogen and oxygen atoms in total. The van der Waals surface area contributed by atoms with E-state index < -0.39 is 23.4 Å². The van der Waals surface area contributed by atoms with Crippen LogP contribution in [0.25, 0.3) is 0 Å². The highest BCUT2D eigenvalue weighted by Gasteiger charge is 2.49. The summed E-state index contributed by atoms with van der Waals surface area (Å²) in [6.45, 7) is 1.66. The Kier molecular flexibility index (Phi) is 5.08. The molecule has 1 aliphatic rings. The van der Waals surface area contributed by atoms with Crippen LogP contribution in [0.2, 0.25) is 0 Å². The molecule has 1 atom stereocenters. The van der Waals surface area contributed by atoms with Crippen molar-refractivity contribution in [2.75, 3.05) is 6.54 Å². The van der Waals surface area contributed by atoms with Crippen LogP contribution in [0.4, 0.5) is 4.79 Å². The van der Waals surface area contributed by atoms with Gasteiger partial charge in [0, 0.05) is 11.0 Å². The number of halogens is 1. The van der Waals surface area contributed by atoms with Gasteiger partial charge in [-0.2, -0.15) is 0 Å². The molecule has 0 aliphatic carbocycles. The summed E-state index contributed by atoms with van der Waals surface area (Å²) in [7, 11) is 0. The molecular weight excluding hydrogens is 398 g/mol. The van der Waals surface area contributed by atoms with E-state index >= 15 is 0 Å². The van der Waals surface area contributed by atoms with Gasteiger partial charge in [-0.05, 0) is 30.2 Å². The number of carbonyl (C=O) groups excluding carboxylic acids is 3. The zero-order valence-corrected chi connectivity index (χ0v) is 15.7. The Labute approximate surface area is 159 Å². The van der Waals surface area contributed by atoms with Gasteiger partial charge in [-0.1, -0.05) is 58.4 Å². The predicted molar refractivity (Wildman–Crippen MR) is 100 cm³/mol.